The number of aromatic amines is 1. The smallest absolute Gasteiger partial charge is 0.0525 e. The van der Waals surface area contributed by atoms with Gasteiger partial charge in [0.05, 0.1) is 6.20 Å². The highest BCUT2D eigenvalue weighted by molar-refractivity contribution is 5.28. The third kappa shape index (κ3) is 1.27. The van der Waals surface area contributed by atoms with Gasteiger partial charge < -0.3 is 5.32 Å². The van der Waals surface area contributed by atoms with Crippen molar-refractivity contribution in [3.8, 4) is 0 Å². The summed E-state index contributed by atoms with van der Waals surface area (Å²) in [4.78, 5) is 0. The minimum absolute atomic E-state index is 0. The summed E-state index contributed by atoms with van der Waals surface area (Å²) in [5, 5.41) is 10.7. The number of nitrogens with zero attached hydrogens (tertiary/aromatic N) is 1. The first-order chi connectivity index (χ1) is 6.45. The van der Waals surface area contributed by atoms with E-state index in [1.165, 1.54) is 37.1 Å². The summed E-state index contributed by atoms with van der Waals surface area (Å²) in [6.07, 6.45) is 6.02. The van der Waals surface area contributed by atoms with Gasteiger partial charge in [-0.3, -0.25) is 5.10 Å². The molecule has 3 rings (SSSR count). The number of aromatic nitrogens is 2. The van der Waals surface area contributed by atoms with Gasteiger partial charge in [-0.05, 0) is 31.4 Å². The zero-order valence-electron chi connectivity index (χ0n) is 7.71. The summed E-state index contributed by atoms with van der Waals surface area (Å²) in [6, 6.07) is 0. The van der Waals surface area contributed by atoms with Crippen LogP contribution in [0, 0.1) is 0 Å². The van der Waals surface area contributed by atoms with Gasteiger partial charge >= 0.3 is 0 Å². The average molecular weight is 181 g/mol. The zero-order valence-corrected chi connectivity index (χ0v) is 7.71. The number of nitrogens with one attached hydrogen (secondary N) is 2. The Bertz CT molecular complexity index is 303. The van der Waals surface area contributed by atoms with E-state index >= 15 is 0 Å². The quantitative estimate of drug-likeness (QED) is 0.731. The largest absolute Gasteiger partial charge is 0.316 e. The van der Waals surface area contributed by atoms with Crippen LogP contribution in [0.4, 0.5) is 0 Å². The number of hydrogen-bond acceptors (Lipinski definition) is 2. The molecule has 1 saturated carbocycles. The molecular weight excluding hydrogens is 162 g/mol. The normalized spacial score (nSPS) is 28.2. The topological polar surface area (TPSA) is 40.7 Å². The molecule has 2 heterocycles. The van der Waals surface area contributed by atoms with Crippen molar-refractivity contribution in [2.75, 3.05) is 13.1 Å². The summed E-state index contributed by atoms with van der Waals surface area (Å²) < 4.78 is 0. The van der Waals surface area contributed by atoms with E-state index in [1.54, 1.807) is 0 Å². The predicted octanol–water partition coefficient (Wildman–Crippen LogP) is 1.86. The SMILES string of the molecule is [HH].[HH].c1n[nH]c(C2CC2)c1C1CCNC1. The maximum Gasteiger partial charge on any atom is 0.0525 e. The van der Waals surface area contributed by atoms with Crippen molar-refractivity contribution in [1.29, 1.82) is 0 Å². The molecule has 1 aliphatic carbocycles. The summed E-state index contributed by atoms with van der Waals surface area (Å²) in [5.74, 6) is 1.52. The molecular formula is C10H19N3. The van der Waals surface area contributed by atoms with Gasteiger partial charge in [0.15, 0.2) is 0 Å². The Morgan fingerprint density at radius 1 is 1.31 bits per heavy atom. The monoisotopic (exact) mass is 181 g/mol. The molecule has 1 aromatic heterocycles. The summed E-state index contributed by atoms with van der Waals surface area (Å²) >= 11 is 0. The van der Waals surface area contributed by atoms with E-state index in [0.29, 0.717) is 5.92 Å². The van der Waals surface area contributed by atoms with Gasteiger partial charge in [0.2, 0.25) is 0 Å². The summed E-state index contributed by atoms with van der Waals surface area (Å²) in [7, 11) is 0. The molecule has 2 fully saturated rings. The van der Waals surface area contributed by atoms with E-state index in [4.69, 9.17) is 0 Å². The van der Waals surface area contributed by atoms with Crippen molar-refractivity contribution in [3.05, 3.63) is 17.5 Å². The van der Waals surface area contributed by atoms with E-state index in [2.05, 4.69) is 15.5 Å². The molecule has 2 N–H and O–H groups in total. The lowest BCUT2D eigenvalue weighted by molar-refractivity contribution is 0.749. The molecule has 1 aliphatic heterocycles. The Labute approximate surface area is 80.9 Å². The molecule has 13 heavy (non-hydrogen) atoms. The van der Waals surface area contributed by atoms with Gasteiger partial charge in [-0.2, -0.15) is 5.10 Å². The summed E-state index contributed by atoms with van der Waals surface area (Å²) in [5.41, 5.74) is 2.90. The van der Waals surface area contributed by atoms with Crippen LogP contribution >= 0.6 is 0 Å². The van der Waals surface area contributed by atoms with Crippen molar-refractivity contribution in [1.82, 2.24) is 15.5 Å². The lowest BCUT2D eigenvalue weighted by Crippen LogP contribution is -2.08. The van der Waals surface area contributed by atoms with Gasteiger partial charge in [0.25, 0.3) is 0 Å². The first-order valence-electron chi connectivity index (χ1n) is 5.19. The Morgan fingerprint density at radius 3 is 2.92 bits per heavy atom. The first kappa shape index (κ1) is 7.56. The zero-order chi connectivity index (χ0) is 8.67. The van der Waals surface area contributed by atoms with Crippen LogP contribution in [0.2, 0.25) is 0 Å². The van der Waals surface area contributed by atoms with Gasteiger partial charge in [-0.25, -0.2) is 0 Å². The van der Waals surface area contributed by atoms with Crippen LogP contribution in [0.3, 0.4) is 0 Å². The Morgan fingerprint density at radius 2 is 2.23 bits per heavy atom. The molecule has 3 nitrogen and oxygen atoms in total. The Kier molecular flexibility index (Phi) is 1.65. The number of H-pyrrole nitrogens is 1. The number of hydrogen-bond donors (Lipinski definition) is 2. The molecule has 2 aliphatic rings. The van der Waals surface area contributed by atoms with Crippen molar-refractivity contribution < 1.29 is 2.85 Å². The van der Waals surface area contributed by atoms with Crippen LogP contribution in [0.5, 0.6) is 0 Å². The molecule has 0 spiro atoms. The fraction of sp³-hybridized carbons (Fsp3) is 0.700. The van der Waals surface area contributed by atoms with Crippen molar-refractivity contribution >= 4 is 0 Å². The van der Waals surface area contributed by atoms with Gasteiger partial charge in [-0.1, -0.05) is 0 Å². The highest BCUT2D eigenvalue weighted by Gasteiger charge is 2.30. The third-order valence-corrected chi connectivity index (χ3v) is 3.19. The van der Waals surface area contributed by atoms with E-state index in [0.717, 1.165) is 12.5 Å². The maximum atomic E-state index is 4.18. The van der Waals surface area contributed by atoms with Gasteiger partial charge in [0.1, 0.15) is 0 Å². The van der Waals surface area contributed by atoms with Crippen molar-refractivity contribution in [2.45, 2.75) is 31.1 Å². The fourth-order valence-corrected chi connectivity index (χ4v) is 2.25. The predicted molar refractivity (Wildman–Crippen MR) is 55.0 cm³/mol. The minimum Gasteiger partial charge on any atom is -0.316 e. The molecule has 0 radical (unpaired) electrons. The van der Waals surface area contributed by atoms with E-state index in [-0.39, 0.29) is 2.85 Å². The molecule has 1 unspecified atom stereocenters. The second-order valence-electron chi connectivity index (χ2n) is 4.20. The average Bonchev–Trinajstić information content (AvgIpc) is 2.72. The standard InChI is InChI=1S/C10H15N3.2H2/c1-2-7(1)10-9(6-12-13-10)8-3-4-11-5-8;;/h6-8,11H,1-5H2,(H,12,13);2*1H. The first-order valence-corrected chi connectivity index (χ1v) is 5.19. The van der Waals surface area contributed by atoms with Crippen LogP contribution in [-0.2, 0) is 0 Å². The third-order valence-electron chi connectivity index (χ3n) is 3.19. The summed E-state index contributed by atoms with van der Waals surface area (Å²) in [6.45, 7) is 2.30. The molecule has 1 saturated heterocycles. The molecule has 1 aromatic rings. The van der Waals surface area contributed by atoms with Crippen LogP contribution in [-0.4, -0.2) is 23.3 Å². The van der Waals surface area contributed by atoms with Crippen LogP contribution < -0.4 is 5.32 Å². The Hall–Kier alpha value is -0.830. The molecule has 3 heteroatoms. The Balaban J connectivity index is 0.000000562. The lowest BCUT2D eigenvalue weighted by atomic mass is 9.97. The lowest BCUT2D eigenvalue weighted by Gasteiger charge is -2.07. The van der Waals surface area contributed by atoms with Gasteiger partial charge in [0, 0.05) is 26.9 Å². The molecule has 0 bridgehead atoms. The molecule has 0 aromatic carbocycles. The van der Waals surface area contributed by atoms with E-state index in [1.807, 2.05) is 6.20 Å². The molecule has 74 valence electrons. The van der Waals surface area contributed by atoms with E-state index < -0.39 is 0 Å². The fourth-order valence-electron chi connectivity index (χ4n) is 2.25. The molecule has 1 atom stereocenters. The van der Waals surface area contributed by atoms with Crippen molar-refractivity contribution in [2.24, 2.45) is 0 Å². The second-order valence-corrected chi connectivity index (χ2v) is 4.20. The highest BCUT2D eigenvalue weighted by atomic mass is 15.1. The van der Waals surface area contributed by atoms with Crippen LogP contribution in [0.1, 0.15) is 45.2 Å². The second kappa shape index (κ2) is 2.84. The number of rotatable bonds is 2. The van der Waals surface area contributed by atoms with Gasteiger partial charge in [-0.15, -0.1) is 0 Å². The molecule has 0 amide bonds. The van der Waals surface area contributed by atoms with Crippen LogP contribution in [0.25, 0.3) is 0 Å². The minimum atomic E-state index is 0. The van der Waals surface area contributed by atoms with E-state index in [9.17, 15) is 0 Å². The van der Waals surface area contributed by atoms with Crippen LogP contribution in [0.15, 0.2) is 6.20 Å². The van der Waals surface area contributed by atoms with Crippen molar-refractivity contribution in [3.63, 3.8) is 0 Å². The maximum absolute atomic E-state index is 4.18. The highest BCUT2D eigenvalue weighted by Crippen LogP contribution is 2.42.